The number of nitrogens with one attached hydrogen (secondary N) is 1. The monoisotopic (exact) mass is 360 g/mol. The summed E-state index contributed by atoms with van der Waals surface area (Å²) in [5.74, 6) is -0.102. The van der Waals surface area contributed by atoms with Gasteiger partial charge >= 0.3 is 5.97 Å². The van der Waals surface area contributed by atoms with E-state index in [-0.39, 0.29) is 24.2 Å². The molecule has 0 aliphatic heterocycles. The van der Waals surface area contributed by atoms with Crippen molar-refractivity contribution in [2.75, 3.05) is 6.61 Å². The van der Waals surface area contributed by atoms with Crippen molar-refractivity contribution in [3.05, 3.63) is 46.0 Å². The molecule has 1 amide bonds. The lowest BCUT2D eigenvalue weighted by molar-refractivity contribution is -0.385. The second-order valence-electron chi connectivity index (χ2n) is 6.70. The molecule has 1 N–H and O–H groups in total. The van der Waals surface area contributed by atoms with Gasteiger partial charge in [0, 0.05) is 18.2 Å². The number of amides is 1. The van der Waals surface area contributed by atoms with E-state index < -0.39 is 10.9 Å². The van der Waals surface area contributed by atoms with Crippen LogP contribution in [0.3, 0.4) is 0 Å². The van der Waals surface area contributed by atoms with Crippen molar-refractivity contribution in [3.8, 4) is 0 Å². The molecule has 1 aromatic carbocycles. The molecule has 1 aliphatic rings. The zero-order valence-electron chi connectivity index (χ0n) is 15.0. The highest BCUT2D eigenvalue weighted by molar-refractivity contribution is 5.90. The Hall–Kier alpha value is -2.70. The van der Waals surface area contributed by atoms with E-state index >= 15 is 0 Å². The molecule has 3 atom stereocenters. The summed E-state index contributed by atoms with van der Waals surface area (Å²) in [6.45, 7) is 3.94. The predicted molar refractivity (Wildman–Crippen MR) is 97.2 cm³/mol. The summed E-state index contributed by atoms with van der Waals surface area (Å²) in [5, 5.41) is 13.8. The number of nitrogens with zero attached hydrogens (tertiary/aromatic N) is 1. The normalized spacial score (nSPS) is 22.8. The van der Waals surface area contributed by atoms with Crippen molar-refractivity contribution < 1.29 is 19.2 Å². The number of esters is 1. The van der Waals surface area contributed by atoms with E-state index in [4.69, 9.17) is 4.74 Å². The zero-order valence-corrected chi connectivity index (χ0v) is 15.0. The molecule has 7 heteroatoms. The van der Waals surface area contributed by atoms with E-state index in [0.29, 0.717) is 17.4 Å². The average Bonchev–Trinajstić information content (AvgIpc) is 2.62. The molecule has 0 bridgehead atoms. The third-order valence-electron chi connectivity index (χ3n) is 4.93. The number of ether oxygens (including phenoxy) is 1. The molecule has 1 fully saturated rings. The third-order valence-corrected chi connectivity index (χ3v) is 4.93. The molecule has 0 spiro atoms. The topological polar surface area (TPSA) is 98.5 Å². The van der Waals surface area contributed by atoms with Crippen molar-refractivity contribution in [1.29, 1.82) is 0 Å². The third kappa shape index (κ3) is 5.40. The maximum atomic E-state index is 12.0. The van der Waals surface area contributed by atoms with Crippen LogP contribution >= 0.6 is 0 Å². The molecular weight excluding hydrogens is 336 g/mol. The fourth-order valence-corrected chi connectivity index (χ4v) is 3.17. The first-order chi connectivity index (χ1) is 12.4. The van der Waals surface area contributed by atoms with Gasteiger partial charge in [0.05, 0.1) is 10.5 Å². The van der Waals surface area contributed by atoms with Crippen LogP contribution in [0.5, 0.6) is 0 Å². The summed E-state index contributed by atoms with van der Waals surface area (Å²) in [7, 11) is 0. The van der Waals surface area contributed by atoms with Gasteiger partial charge in [-0.2, -0.15) is 0 Å². The van der Waals surface area contributed by atoms with Crippen LogP contribution in [0.1, 0.15) is 38.7 Å². The highest BCUT2D eigenvalue weighted by atomic mass is 16.6. The van der Waals surface area contributed by atoms with Crippen molar-refractivity contribution in [3.63, 3.8) is 0 Å². The number of para-hydroxylation sites is 1. The fraction of sp³-hybridized carbons (Fsp3) is 0.474. The molecular formula is C19H24N2O5. The van der Waals surface area contributed by atoms with Gasteiger partial charge in [0.15, 0.2) is 6.61 Å². The Bertz CT molecular complexity index is 701. The first-order valence-corrected chi connectivity index (χ1v) is 8.76. The van der Waals surface area contributed by atoms with E-state index in [2.05, 4.69) is 19.2 Å². The Balaban J connectivity index is 1.83. The van der Waals surface area contributed by atoms with Crippen LogP contribution in [-0.2, 0) is 14.3 Å². The Labute approximate surface area is 152 Å². The van der Waals surface area contributed by atoms with Gasteiger partial charge in [0.25, 0.3) is 11.6 Å². The Kier molecular flexibility index (Phi) is 6.89. The van der Waals surface area contributed by atoms with E-state index in [9.17, 15) is 19.7 Å². The lowest BCUT2D eigenvalue weighted by Crippen LogP contribution is -2.45. The molecule has 2 rings (SSSR count). The standard InChI is InChI=1S/C19H24N2O5/c1-13-6-5-8-16(14(13)2)20-18(22)12-26-19(23)11-10-15-7-3-4-9-17(15)21(24)25/h3-4,7,9-11,13-14,16H,5-6,8,12H2,1-2H3,(H,20,22)/b11-10+/t13-,14+,16-/m0/s1. The first kappa shape index (κ1) is 19.6. The van der Waals surface area contributed by atoms with E-state index in [1.807, 2.05) is 0 Å². The van der Waals surface area contributed by atoms with Crippen LogP contribution in [0.25, 0.3) is 6.08 Å². The minimum absolute atomic E-state index is 0.102. The second-order valence-corrected chi connectivity index (χ2v) is 6.70. The summed E-state index contributed by atoms with van der Waals surface area (Å²) in [5.41, 5.74) is 0.193. The predicted octanol–water partition coefficient (Wildman–Crippen LogP) is 3.09. The number of hydrogen-bond donors (Lipinski definition) is 1. The van der Waals surface area contributed by atoms with Gasteiger partial charge in [0.2, 0.25) is 0 Å². The largest absolute Gasteiger partial charge is 0.452 e. The number of rotatable bonds is 6. The van der Waals surface area contributed by atoms with Crippen LogP contribution in [0.2, 0.25) is 0 Å². The summed E-state index contributed by atoms with van der Waals surface area (Å²) < 4.78 is 4.92. The first-order valence-electron chi connectivity index (χ1n) is 8.76. The maximum absolute atomic E-state index is 12.0. The van der Waals surface area contributed by atoms with Gasteiger partial charge in [-0.25, -0.2) is 4.79 Å². The molecule has 26 heavy (non-hydrogen) atoms. The van der Waals surface area contributed by atoms with E-state index in [1.54, 1.807) is 12.1 Å². The van der Waals surface area contributed by atoms with Gasteiger partial charge in [-0.15, -0.1) is 0 Å². The van der Waals surface area contributed by atoms with Gasteiger partial charge in [-0.3, -0.25) is 14.9 Å². The molecule has 1 aromatic rings. The molecule has 1 saturated carbocycles. The highest BCUT2D eigenvalue weighted by Crippen LogP contribution is 2.29. The number of nitro benzene ring substituents is 1. The Morgan fingerprint density at radius 1 is 1.31 bits per heavy atom. The van der Waals surface area contributed by atoms with Gasteiger partial charge < -0.3 is 10.1 Å². The van der Waals surface area contributed by atoms with Crippen molar-refractivity contribution in [1.82, 2.24) is 5.32 Å². The number of hydrogen-bond acceptors (Lipinski definition) is 5. The summed E-state index contributed by atoms with van der Waals surface area (Å²) in [4.78, 5) is 34.1. The number of benzene rings is 1. The summed E-state index contributed by atoms with van der Waals surface area (Å²) >= 11 is 0. The number of carbonyl (C=O) groups is 2. The molecule has 140 valence electrons. The number of nitro groups is 1. The molecule has 1 aliphatic carbocycles. The lowest BCUT2D eigenvalue weighted by Gasteiger charge is -2.34. The van der Waals surface area contributed by atoms with Crippen molar-refractivity contribution >= 4 is 23.6 Å². The van der Waals surface area contributed by atoms with Crippen LogP contribution in [0.4, 0.5) is 5.69 Å². The second kappa shape index (κ2) is 9.12. The quantitative estimate of drug-likeness (QED) is 0.364. The van der Waals surface area contributed by atoms with Gasteiger partial charge in [-0.1, -0.05) is 38.8 Å². The van der Waals surface area contributed by atoms with Gasteiger partial charge in [-0.05, 0) is 30.4 Å². The minimum Gasteiger partial charge on any atom is -0.452 e. The van der Waals surface area contributed by atoms with E-state index in [0.717, 1.165) is 18.9 Å². The SMILES string of the molecule is C[C@H]1[C@@H](NC(=O)COC(=O)/C=C/c2ccccc2[N+](=O)[O-])CCC[C@@H]1C. The highest BCUT2D eigenvalue weighted by Gasteiger charge is 2.28. The van der Waals surface area contributed by atoms with Crippen molar-refractivity contribution in [2.45, 2.75) is 39.2 Å². The number of carbonyl (C=O) groups excluding carboxylic acids is 2. The van der Waals surface area contributed by atoms with Gasteiger partial charge in [0.1, 0.15) is 0 Å². The van der Waals surface area contributed by atoms with E-state index in [1.165, 1.54) is 24.6 Å². The maximum Gasteiger partial charge on any atom is 0.331 e. The summed E-state index contributed by atoms with van der Waals surface area (Å²) in [6, 6.07) is 6.17. The molecule has 0 unspecified atom stereocenters. The zero-order chi connectivity index (χ0) is 19.1. The minimum atomic E-state index is -0.719. The molecule has 0 saturated heterocycles. The molecule has 7 nitrogen and oxygen atoms in total. The lowest BCUT2D eigenvalue weighted by atomic mass is 9.78. The molecule has 0 radical (unpaired) electrons. The Morgan fingerprint density at radius 3 is 2.77 bits per heavy atom. The Morgan fingerprint density at radius 2 is 2.04 bits per heavy atom. The van der Waals surface area contributed by atoms with Crippen molar-refractivity contribution in [2.24, 2.45) is 11.8 Å². The van der Waals surface area contributed by atoms with Crippen LogP contribution in [0.15, 0.2) is 30.3 Å². The summed E-state index contributed by atoms with van der Waals surface area (Å²) in [6.07, 6.45) is 5.57. The van der Waals surface area contributed by atoms with Crippen LogP contribution < -0.4 is 5.32 Å². The van der Waals surface area contributed by atoms with Crippen LogP contribution in [-0.4, -0.2) is 29.4 Å². The molecule has 0 aromatic heterocycles. The molecule has 0 heterocycles. The average molecular weight is 360 g/mol. The fourth-order valence-electron chi connectivity index (χ4n) is 3.17. The smallest absolute Gasteiger partial charge is 0.331 e. The van der Waals surface area contributed by atoms with Crippen LogP contribution in [0, 0.1) is 22.0 Å².